The van der Waals surface area contributed by atoms with E-state index in [4.69, 9.17) is 5.73 Å². The van der Waals surface area contributed by atoms with Gasteiger partial charge in [-0.1, -0.05) is 12.2 Å². The molecule has 0 spiro atoms. The molecular formula is C9H18N2. The van der Waals surface area contributed by atoms with Crippen molar-refractivity contribution in [1.29, 1.82) is 0 Å². The van der Waals surface area contributed by atoms with E-state index in [1.807, 2.05) is 0 Å². The number of rotatable bonds is 3. The fourth-order valence-corrected chi connectivity index (χ4v) is 1.48. The summed E-state index contributed by atoms with van der Waals surface area (Å²) in [5.74, 6) is 0. The molecule has 2 heteroatoms. The molecule has 2 nitrogen and oxygen atoms in total. The van der Waals surface area contributed by atoms with E-state index >= 15 is 0 Å². The van der Waals surface area contributed by atoms with Gasteiger partial charge in [-0.3, -0.25) is 4.90 Å². The Bertz CT molecular complexity index is 132. The molecule has 1 heterocycles. The Labute approximate surface area is 69.1 Å². The molecule has 0 aromatic carbocycles. The molecule has 0 bridgehead atoms. The van der Waals surface area contributed by atoms with Gasteiger partial charge in [-0.15, -0.1) is 0 Å². The lowest BCUT2D eigenvalue weighted by Crippen LogP contribution is -2.36. The fourth-order valence-electron chi connectivity index (χ4n) is 1.48. The first-order valence-electron chi connectivity index (χ1n) is 4.43. The van der Waals surface area contributed by atoms with E-state index in [1.54, 1.807) is 0 Å². The van der Waals surface area contributed by atoms with Crippen molar-refractivity contribution < 1.29 is 0 Å². The Balaban J connectivity index is 2.28. The van der Waals surface area contributed by atoms with Gasteiger partial charge in [-0.05, 0) is 26.3 Å². The Hall–Kier alpha value is -0.340. The molecule has 0 fully saturated rings. The maximum Gasteiger partial charge on any atom is 0.0166 e. The smallest absolute Gasteiger partial charge is 0.0166 e. The predicted octanol–water partition coefficient (Wildman–Crippen LogP) is 0.986. The first-order valence-corrected chi connectivity index (χ1v) is 4.43. The maximum atomic E-state index is 5.49. The molecule has 11 heavy (non-hydrogen) atoms. The van der Waals surface area contributed by atoms with Gasteiger partial charge in [-0.2, -0.15) is 0 Å². The summed E-state index contributed by atoms with van der Waals surface area (Å²) in [6.07, 6.45) is 6.82. The molecule has 0 radical (unpaired) electrons. The number of nitrogens with two attached hydrogens (primary N) is 1. The van der Waals surface area contributed by atoms with Gasteiger partial charge in [0.25, 0.3) is 0 Å². The maximum absolute atomic E-state index is 5.49. The normalized spacial score (nSPS) is 22.0. The third kappa shape index (κ3) is 2.64. The summed E-state index contributed by atoms with van der Waals surface area (Å²) in [6, 6.07) is 0.657. The molecule has 1 aliphatic rings. The zero-order chi connectivity index (χ0) is 8.10. The van der Waals surface area contributed by atoms with E-state index in [0.29, 0.717) is 6.04 Å². The standard InChI is InChI=1S/C9H18N2/c1-9(5-6-10)11-7-3-2-4-8-11/h2-3,9H,4-8,10H2,1H3. The number of hydrogen-bond donors (Lipinski definition) is 1. The second-order valence-electron chi connectivity index (χ2n) is 3.18. The lowest BCUT2D eigenvalue weighted by Gasteiger charge is -2.29. The molecule has 0 saturated heterocycles. The Kier molecular flexibility index (Phi) is 3.60. The minimum absolute atomic E-state index is 0.657. The van der Waals surface area contributed by atoms with Crippen LogP contribution in [0.3, 0.4) is 0 Å². The van der Waals surface area contributed by atoms with Crippen LogP contribution in [0.1, 0.15) is 19.8 Å². The van der Waals surface area contributed by atoms with Crippen LogP contribution in [0, 0.1) is 0 Å². The van der Waals surface area contributed by atoms with Crippen molar-refractivity contribution in [2.75, 3.05) is 19.6 Å². The van der Waals surface area contributed by atoms with Gasteiger partial charge in [-0.25, -0.2) is 0 Å². The van der Waals surface area contributed by atoms with E-state index in [9.17, 15) is 0 Å². The third-order valence-electron chi connectivity index (χ3n) is 2.30. The summed E-state index contributed by atoms with van der Waals surface area (Å²) in [5.41, 5.74) is 5.49. The molecule has 1 rings (SSSR count). The lowest BCUT2D eigenvalue weighted by molar-refractivity contribution is 0.220. The lowest BCUT2D eigenvalue weighted by atomic mass is 10.1. The van der Waals surface area contributed by atoms with E-state index in [-0.39, 0.29) is 0 Å². The van der Waals surface area contributed by atoms with Crippen LogP contribution in [0.2, 0.25) is 0 Å². The highest BCUT2D eigenvalue weighted by atomic mass is 15.1. The molecule has 64 valence electrons. The Morgan fingerprint density at radius 1 is 1.55 bits per heavy atom. The van der Waals surface area contributed by atoms with Crippen LogP contribution in [0.4, 0.5) is 0 Å². The van der Waals surface area contributed by atoms with Crippen LogP contribution in [0.5, 0.6) is 0 Å². The molecule has 1 atom stereocenters. The predicted molar refractivity (Wildman–Crippen MR) is 48.5 cm³/mol. The van der Waals surface area contributed by atoms with Crippen LogP contribution in [-0.4, -0.2) is 30.6 Å². The van der Waals surface area contributed by atoms with E-state index in [1.165, 1.54) is 13.0 Å². The molecule has 1 aliphatic heterocycles. The van der Waals surface area contributed by atoms with Gasteiger partial charge >= 0.3 is 0 Å². The Morgan fingerprint density at radius 3 is 2.91 bits per heavy atom. The SMILES string of the molecule is CC(CCN)N1CC=CCC1. The van der Waals surface area contributed by atoms with Crippen LogP contribution >= 0.6 is 0 Å². The minimum Gasteiger partial charge on any atom is -0.330 e. The summed E-state index contributed by atoms with van der Waals surface area (Å²) >= 11 is 0. The quantitative estimate of drug-likeness (QED) is 0.614. The van der Waals surface area contributed by atoms with Crippen LogP contribution < -0.4 is 5.73 Å². The zero-order valence-electron chi connectivity index (χ0n) is 7.29. The molecule has 0 amide bonds. The highest BCUT2D eigenvalue weighted by Gasteiger charge is 2.12. The minimum atomic E-state index is 0.657. The van der Waals surface area contributed by atoms with Crippen molar-refractivity contribution in [3.8, 4) is 0 Å². The van der Waals surface area contributed by atoms with Gasteiger partial charge in [0, 0.05) is 19.1 Å². The van der Waals surface area contributed by atoms with Gasteiger partial charge in [0.05, 0.1) is 0 Å². The zero-order valence-corrected chi connectivity index (χ0v) is 7.29. The van der Waals surface area contributed by atoms with Gasteiger partial charge < -0.3 is 5.73 Å². The summed E-state index contributed by atoms with van der Waals surface area (Å²) in [7, 11) is 0. The van der Waals surface area contributed by atoms with Gasteiger partial charge in [0.15, 0.2) is 0 Å². The monoisotopic (exact) mass is 154 g/mol. The summed E-state index contributed by atoms with van der Waals surface area (Å²) in [5, 5.41) is 0. The topological polar surface area (TPSA) is 29.3 Å². The van der Waals surface area contributed by atoms with Crippen LogP contribution in [-0.2, 0) is 0 Å². The van der Waals surface area contributed by atoms with E-state index < -0.39 is 0 Å². The largest absolute Gasteiger partial charge is 0.330 e. The molecule has 2 N–H and O–H groups in total. The molecule has 0 aromatic rings. The van der Waals surface area contributed by atoms with Gasteiger partial charge in [0.1, 0.15) is 0 Å². The van der Waals surface area contributed by atoms with Crippen molar-refractivity contribution in [2.24, 2.45) is 5.73 Å². The fraction of sp³-hybridized carbons (Fsp3) is 0.778. The average Bonchev–Trinajstić information content (AvgIpc) is 2.07. The number of hydrogen-bond acceptors (Lipinski definition) is 2. The molecule has 0 saturated carbocycles. The van der Waals surface area contributed by atoms with Gasteiger partial charge in [0.2, 0.25) is 0 Å². The van der Waals surface area contributed by atoms with Crippen molar-refractivity contribution in [3.63, 3.8) is 0 Å². The van der Waals surface area contributed by atoms with E-state index in [2.05, 4.69) is 24.0 Å². The molecule has 0 aliphatic carbocycles. The van der Waals surface area contributed by atoms with Crippen molar-refractivity contribution in [3.05, 3.63) is 12.2 Å². The van der Waals surface area contributed by atoms with E-state index in [0.717, 1.165) is 19.5 Å². The molecule has 1 unspecified atom stereocenters. The first kappa shape index (κ1) is 8.75. The average molecular weight is 154 g/mol. The van der Waals surface area contributed by atoms with Crippen molar-refractivity contribution >= 4 is 0 Å². The molecule has 0 aromatic heterocycles. The highest BCUT2D eigenvalue weighted by Crippen LogP contribution is 2.07. The number of nitrogens with zero attached hydrogens (tertiary/aromatic N) is 1. The molecular weight excluding hydrogens is 136 g/mol. The first-order chi connectivity index (χ1) is 5.34. The second-order valence-corrected chi connectivity index (χ2v) is 3.18. The summed E-state index contributed by atoms with van der Waals surface area (Å²) in [4.78, 5) is 2.48. The van der Waals surface area contributed by atoms with Crippen molar-refractivity contribution in [1.82, 2.24) is 4.90 Å². The summed E-state index contributed by atoms with van der Waals surface area (Å²) < 4.78 is 0. The summed E-state index contributed by atoms with van der Waals surface area (Å²) in [6.45, 7) is 5.38. The highest BCUT2D eigenvalue weighted by molar-refractivity contribution is 4.92. The van der Waals surface area contributed by atoms with Crippen LogP contribution in [0.15, 0.2) is 12.2 Å². The van der Waals surface area contributed by atoms with Crippen LogP contribution in [0.25, 0.3) is 0 Å². The van der Waals surface area contributed by atoms with Crippen molar-refractivity contribution in [2.45, 2.75) is 25.8 Å². The second kappa shape index (κ2) is 4.52. The third-order valence-corrected chi connectivity index (χ3v) is 2.30. The Morgan fingerprint density at radius 2 is 2.36 bits per heavy atom.